The van der Waals surface area contributed by atoms with Crippen LogP contribution in [0.5, 0.6) is 0 Å². The minimum absolute atomic E-state index is 0.263. The first-order valence-corrected chi connectivity index (χ1v) is 7.62. The van der Waals surface area contributed by atoms with Crippen LogP contribution in [0.1, 0.15) is 12.8 Å². The van der Waals surface area contributed by atoms with Crippen LogP contribution in [-0.2, 0) is 0 Å². The minimum atomic E-state index is -0.284. The number of nitrogens with one attached hydrogen (secondary N) is 1. The third-order valence-corrected chi connectivity index (χ3v) is 4.24. The van der Waals surface area contributed by atoms with Gasteiger partial charge in [-0.1, -0.05) is 35.9 Å². The first-order valence-electron chi connectivity index (χ1n) is 7.24. The van der Waals surface area contributed by atoms with Gasteiger partial charge in [0.05, 0.1) is 10.7 Å². The van der Waals surface area contributed by atoms with Gasteiger partial charge >= 0.3 is 0 Å². The van der Waals surface area contributed by atoms with Crippen LogP contribution in [0.2, 0.25) is 5.02 Å². The summed E-state index contributed by atoms with van der Waals surface area (Å²) in [5.41, 5.74) is 1.68. The molecule has 1 aliphatic rings. The van der Waals surface area contributed by atoms with Gasteiger partial charge in [0.15, 0.2) is 0 Å². The first kappa shape index (κ1) is 14.2. The Bertz CT molecular complexity index is 575. The first-order chi connectivity index (χ1) is 10.2. The summed E-state index contributed by atoms with van der Waals surface area (Å²) in [5.74, 6) is -0.284. The molecule has 0 bridgehead atoms. The maximum Gasteiger partial charge on any atom is 0.147 e. The van der Waals surface area contributed by atoms with Gasteiger partial charge in [0.25, 0.3) is 0 Å². The Labute approximate surface area is 129 Å². The number of nitrogens with zero attached hydrogens (tertiary/aromatic N) is 1. The van der Waals surface area contributed by atoms with Gasteiger partial charge in [-0.3, -0.25) is 0 Å². The molecule has 21 heavy (non-hydrogen) atoms. The lowest BCUT2D eigenvalue weighted by Crippen LogP contribution is -2.39. The van der Waals surface area contributed by atoms with Gasteiger partial charge in [0.1, 0.15) is 5.82 Å². The van der Waals surface area contributed by atoms with Crippen molar-refractivity contribution < 1.29 is 4.39 Å². The molecule has 1 aliphatic heterocycles. The second kappa shape index (κ2) is 6.35. The summed E-state index contributed by atoms with van der Waals surface area (Å²) in [6.07, 6.45) is 1.94. The van der Waals surface area contributed by atoms with Gasteiger partial charge in [0.2, 0.25) is 0 Å². The maximum atomic E-state index is 13.8. The van der Waals surface area contributed by atoms with Gasteiger partial charge in [-0.15, -0.1) is 0 Å². The van der Waals surface area contributed by atoms with Gasteiger partial charge in [-0.2, -0.15) is 0 Å². The van der Waals surface area contributed by atoms with Crippen LogP contribution in [0.25, 0.3) is 0 Å². The van der Waals surface area contributed by atoms with Crippen LogP contribution < -0.4 is 10.2 Å². The Kier molecular flexibility index (Phi) is 4.30. The number of hydrogen-bond donors (Lipinski definition) is 1. The molecule has 0 amide bonds. The molecule has 110 valence electrons. The molecular weight excluding hydrogens is 287 g/mol. The van der Waals surface area contributed by atoms with E-state index in [1.54, 1.807) is 12.1 Å². The van der Waals surface area contributed by atoms with Gasteiger partial charge in [-0.05, 0) is 37.1 Å². The van der Waals surface area contributed by atoms with Crippen molar-refractivity contribution in [2.75, 3.05) is 23.3 Å². The van der Waals surface area contributed by atoms with E-state index in [0.29, 0.717) is 10.7 Å². The molecule has 0 unspecified atom stereocenters. The zero-order valence-corrected chi connectivity index (χ0v) is 12.5. The van der Waals surface area contributed by atoms with E-state index < -0.39 is 0 Å². The highest BCUT2D eigenvalue weighted by Crippen LogP contribution is 2.28. The lowest BCUT2D eigenvalue weighted by atomic mass is 10.0. The molecule has 3 rings (SSSR count). The second-order valence-corrected chi connectivity index (χ2v) is 5.75. The summed E-state index contributed by atoms with van der Waals surface area (Å²) in [6, 6.07) is 15.4. The number of halogens is 2. The molecule has 1 N–H and O–H groups in total. The number of piperidine rings is 1. The summed E-state index contributed by atoms with van der Waals surface area (Å²) < 4.78 is 13.8. The second-order valence-electron chi connectivity index (χ2n) is 5.34. The number of rotatable bonds is 3. The summed E-state index contributed by atoms with van der Waals surface area (Å²) >= 11 is 6.06. The van der Waals surface area contributed by atoms with Crippen LogP contribution in [0.4, 0.5) is 15.8 Å². The van der Waals surface area contributed by atoms with E-state index in [-0.39, 0.29) is 11.9 Å². The maximum absolute atomic E-state index is 13.8. The van der Waals surface area contributed by atoms with Crippen molar-refractivity contribution in [2.24, 2.45) is 0 Å². The Balaban J connectivity index is 1.62. The number of para-hydroxylation sites is 2. The summed E-state index contributed by atoms with van der Waals surface area (Å²) in [5, 5.41) is 3.70. The Hall–Kier alpha value is -1.74. The Morgan fingerprint density at radius 2 is 1.71 bits per heavy atom. The highest BCUT2D eigenvalue weighted by atomic mass is 35.5. The Morgan fingerprint density at radius 1 is 1.00 bits per heavy atom. The van der Waals surface area contributed by atoms with E-state index in [1.807, 2.05) is 6.07 Å². The average Bonchev–Trinajstić information content (AvgIpc) is 2.53. The van der Waals surface area contributed by atoms with E-state index in [1.165, 1.54) is 11.8 Å². The predicted octanol–water partition coefficient (Wildman–Crippen LogP) is 4.56. The molecule has 1 saturated heterocycles. The fourth-order valence-electron chi connectivity index (χ4n) is 2.76. The van der Waals surface area contributed by atoms with Crippen molar-refractivity contribution in [2.45, 2.75) is 18.9 Å². The molecule has 1 heterocycles. The minimum Gasteiger partial charge on any atom is -0.379 e. The molecule has 0 atom stereocenters. The van der Waals surface area contributed by atoms with Gasteiger partial charge < -0.3 is 10.2 Å². The van der Waals surface area contributed by atoms with E-state index in [0.717, 1.165) is 25.9 Å². The van der Waals surface area contributed by atoms with Gasteiger partial charge in [-0.25, -0.2) is 4.39 Å². The highest BCUT2D eigenvalue weighted by molar-refractivity contribution is 6.33. The molecule has 2 aromatic carbocycles. The van der Waals surface area contributed by atoms with Crippen LogP contribution >= 0.6 is 11.6 Å². The SMILES string of the molecule is Fc1cccc(Cl)c1NC1CCN(c2ccccc2)CC1. The predicted molar refractivity (Wildman–Crippen MR) is 86.7 cm³/mol. The largest absolute Gasteiger partial charge is 0.379 e. The van der Waals surface area contributed by atoms with E-state index >= 15 is 0 Å². The zero-order valence-electron chi connectivity index (χ0n) is 11.7. The molecule has 0 radical (unpaired) electrons. The van der Waals surface area contributed by atoms with E-state index in [9.17, 15) is 4.39 Å². The monoisotopic (exact) mass is 304 g/mol. The Morgan fingerprint density at radius 3 is 2.38 bits per heavy atom. The molecular formula is C17H18ClFN2. The summed E-state index contributed by atoms with van der Waals surface area (Å²) in [7, 11) is 0. The lowest BCUT2D eigenvalue weighted by Gasteiger charge is -2.34. The standard InChI is InChI=1S/C17H18ClFN2/c18-15-7-4-8-16(19)17(15)20-13-9-11-21(12-10-13)14-5-2-1-3-6-14/h1-8,13,20H,9-12H2. The van der Waals surface area contributed by atoms with Crippen molar-refractivity contribution in [3.05, 3.63) is 59.4 Å². The summed E-state index contributed by atoms with van der Waals surface area (Å²) in [4.78, 5) is 2.36. The van der Waals surface area contributed by atoms with Crippen molar-refractivity contribution in [3.8, 4) is 0 Å². The van der Waals surface area contributed by atoms with Crippen LogP contribution in [0.15, 0.2) is 48.5 Å². The normalized spacial score (nSPS) is 16.0. The molecule has 2 aromatic rings. The molecule has 0 saturated carbocycles. The zero-order chi connectivity index (χ0) is 14.7. The molecule has 4 heteroatoms. The van der Waals surface area contributed by atoms with E-state index in [2.05, 4.69) is 34.5 Å². The molecule has 0 aliphatic carbocycles. The van der Waals surface area contributed by atoms with Gasteiger partial charge in [0, 0.05) is 24.8 Å². The highest BCUT2D eigenvalue weighted by Gasteiger charge is 2.20. The third kappa shape index (κ3) is 3.30. The summed E-state index contributed by atoms with van der Waals surface area (Å²) in [6.45, 7) is 1.93. The van der Waals surface area contributed by atoms with Crippen molar-refractivity contribution in [3.63, 3.8) is 0 Å². The average molecular weight is 305 g/mol. The van der Waals surface area contributed by atoms with Crippen molar-refractivity contribution >= 4 is 23.0 Å². The third-order valence-electron chi connectivity index (χ3n) is 3.93. The molecule has 2 nitrogen and oxygen atoms in total. The topological polar surface area (TPSA) is 15.3 Å². The quantitative estimate of drug-likeness (QED) is 0.894. The van der Waals surface area contributed by atoms with E-state index in [4.69, 9.17) is 11.6 Å². The van der Waals surface area contributed by atoms with Crippen molar-refractivity contribution in [1.29, 1.82) is 0 Å². The smallest absolute Gasteiger partial charge is 0.147 e. The number of benzene rings is 2. The van der Waals surface area contributed by atoms with Crippen LogP contribution in [-0.4, -0.2) is 19.1 Å². The molecule has 1 fully saturated rings. The lowest BCUT2D eigenvalue weighted by molar-refractivity contribution is 0.522. The molecule has 0 aromatic heterocycles. The van der Waals surface area contributed by atoms with Crippen LogP contribution in [0, 0.1) is 5.82 Å². The number of hydrogen-bond acceptors (Lipinski definition) is 2. The number of anilines is 2. The fourth-order valence-corrected chi connectivity index (χ4v) is 2.98. The molecule has 0 spiro atoms. The van der Waals surface area contributed by atoms with Crippen molar-refractivity contribution in [1.82, 2.24) is 0 Å². The fraction of sp³-hybridized carbons (Fsp3) is 0.294. The van der Waals surface area contributed by atoms with Crippen LogP contribution in [0.3, 0.4) is 0 Å².